The third kappa shape index (κ3) is 10.1. The molecule has 0 aromatic heterocycles. The maximum Gasteiger partial charge on any atom is 0.233 e. The Bertz CT molecular complexity index is 1460. The first kappa shape index (κ1) is 39.5. The predicted molar refractivity (Wildman–Crippen MR) is 198 cm³/mol. The molecule has 10 heteroatoms. The van der Waals surface area contributed by atoms with Crippen LogP contribution in [0.15, 0.2) is 30.4 Å². The van der Waals surface area contributed by atoms with Crippen molar-refractivity contribution in [1.82, 2.24) is 4.72 Å². The van der Waals surface area contributed by atoms with Gasteiger partial charge in [0.1, 0.15) is 11.9 Å². The third-order valence-corrected chi connectivity index (χ3v) is 20.4. The van der Waals surface area contributed by atoms with Gasteiger partial charge in [0.15, 0.2) is 16.6 Å². The SMILES string of the molecule is CC#CC[C@H](C)C(/C=C/[C@H]1C(O[Si](C)(C)C(C)(C)C)C[C@@H]2Oc3c(CCCC(=O)NS(C)(=O)=O)cccc3[C@@H]21)O[Si](C)(C)C(C)(C)C. The maximum absolute atomic E-state index is 12.1. The van der Waals surface area contributed by atoms with Crippen molar-refractivity contribution in [3.05, 3.63) is 41.5 Å². The fraction of sp³-hybridized carbons (Fsp3) is 0.703. The molecule has 1 aromatic rings. The molecule has 1 aliphatic carbocycles. The summed E-state index contributed by atoms with van der Waals surface area (Å²) < 4.78 is 45.9. The Morgan fingerprint density at radius 3 is 2.32 bits per heavy atom. The Morgan fingerprint density at radius 2 is 1.74 bits per heavy atom. The zero-order valence-corrected chi connectivity index (χ0v) is 34.1. The second-order valence-corrected chi connectivity index (χ2v) is 28.0. The summed E-state index contributed by atoms with van der Waals surface area (Å²) in [5.41, 5.74) is 2.25. The van der Waals surface area contributed by atoms with Gasteiger partial charge in [-0.05, 0) is 67.5 Å². The van der Waals surface area contributed by atoms with Crippen molar-refractivity contribution in [2.45, 2.75) is 148 Å². The van der Waals surface area contributed by atoms with Gasteiger partial charge < -0.3 is 13.6 Å². The van der Waals surface area contributed by atoms with Gasteiger partial charge in [0, 0.05) is 36.7 Å². The van der Waals surface area contributed by atoms with Crippen molar-refractivity contribution in [1.29, 1.82) is 0 Å². The van der Waals surface area contributed by atoms with E-state index in [2.05, 4.69) is 122 Å². The summed E-state index contributed by atoms with van der Waals surface area (Å²) in [4.78, 5) is 12.1. The molecule has 1 amide bonds. The number of ether oxygens (including phenoxy) is 1. The minimum Gasteiger partial charge on any atom is -0.489 e. The van der Waals surface area contributed by atoms with Crippen LogP contribution in [0.25, 0.3) is 0 Å². The molecule has 2 aliphatic rings. The molecule has 2 unspecified atom stereocenters. The van der Waals surface area contributed by atoms with Gasteiger partial charge in [-0.3, -0.25) is 9.52 Å². The Balaban J connectivity index is 1.98. The van der Waals surface area contributed by atoms with E-state index in [9.17, 15) is 13.2 Å². The van der Waals surface area contributed by atoms with Crippen molar-refractivity contribution < 1.29 is 26.8 Å². The van der Waals surface area contributed by atoms with Crippen LogP contribution in [0.5, 0.6) is 5.75 Å². The molecule has 264 valence electrons. The molecule has 0 radical (unpaired) electrons. The number of hydrogen-bond acceptors (Lipinski definition) is 6. The number of benzene rings is 1. The van der Waals surface area contributed by atoms with Crippen LogP contribution in [0.1, 0.15) is 98.1 Å². The Kier molecular flexibility index (Phi) is 12.5. The highest BCUT2D eigenvalue weighted by Gasteiger charge is 2.52. The minimum absolute atomic E-state index is 0.00718. The number of rotatable bonds is 13. The summed E-state index contributed by atoms with van der Waals surface area (Å²) in [7, 11) is -7.71. The van der Waals surface area contributed by atoms with Crippen molar-refractivity contribution >= 4 is 32.6 Å². The van der Waals surface area contributed by atoms with Gasteiger partial charge in [0.2, 0.25) is 15.9 Å². The lowest BCUT2D eigenvalue weighted by molar-refractivity contribution is -0.119. The Labute approximate surface area is 288 Å². The number of carbonyl (C=O) groups excluding carboxylic acids is 1. The Morgan fingerprint density at radius 1 is 1.11 bits per heavy atom. The van der Waals surface area contributed by atoms with Crippen molar-refractivity contribution in [3.63, 3.8) is 0 Å². The monoisotopic (exact) mass is 703 g/mol. The van der Waals surface area contributed by atoms with E-state index in [1.54, 1.807) is 0 Å². The zero-order valence-electron chi connectivity index (χ0n) is 31.2. The predicted octanol–water partition coefficient (Wildman–Crippen LogP) is 8.34. The first-order chi connectivity index (χ1) is 21.5. The quantitative estimate of drug-likeness (QED) is 0.126. The normalized spacial score (nSPS) is 23.0. The van der Waals surface area contributed by atoms with Crippen LogP contribution in [-0.4, -0.2) is 55.5 Å². The molecule has 47 heavy (non-hydrogen) atoms. The molecule has 7 nitrogen and oxygen atoms in total. The summed E-state index contributed by atoms with van der Waals surface area (Å²) >= 11 is 0. The summed E-state index contributed by atoms with van der Waals surface area (Å²) in [6.45, 7) is 27.1. The molecule has 1 saturated carbocycles. The van der Waals surface area contributed by atoms with Gasteiger partial charge in [-0.15, -0.1) is 11.8 Å². The molecule has 0 bridgehead atoms. The minimum atomic E-state index is -3.57. The highest BCUT2D eigenvalue weighted by molar-refractivity contribution is 7.89. The van der Waals surface area contributed by atoms with Crippen molar-refractivity contribution in [3.8, 4) is 17.6 Å². The van der Waals surface area contributed by atoms with E-state index in [0.29, 0.717) is 12.8 Å². The first-order valence-electron chi connectivity index (χ1n) is 17.2. The van der Waals surface area contributed by atoms with E-state index in [1.165, 1.54) is 5.56 Å². The van der Waals surface area contributed by atoms with Crippen LogP contribution in [-0.2, 0) is 30.1 Å². The average Bonchev–Trinajstić information content (AvgIpc) is 3.43. The van der Waals surface area contributed by atoms with E-state index in [4.69, 9.17) is 13.6 Å². The second kappa shape index (κ2) is 14.9. The van der Waals surface area contributed by atoms with Crippen molar-refractivity contribution in [2.24, 2.45) is 11.8 Å². The van der Waals surface area contributed by atoms with Gasteiger partial charge in [0.05, 0.1) is 18.5 Å². The van der Waals surface area contributed by atoms with Gasteiger partial charge in [-0.2, -0.15) is 0 Å². The number of aryl methyl sites for hydroxylation is 1. The lowest BCUT2D eigenvalue weighted by Crippen LogP contribution is -2.45. The van der Waals surface area contributed by atoms with Crippen LogP contribution < -0.4 is 9.46 Å². The van der Waals surface area contributed by atoms with E-state index >= 15 is 0 Å². The van der Waals surface area contributed by atoms with Crippen LogP contribution in [0, 0.1) is 23.7 Å². The number of para-hydroxylation sites is 1. The van der Waals surface area contributed by atoms with Gasteiger partial charge in [-0.25, -0.2) is 8.42 Å². The topological polar surface area (TPSA) is 90.9 Å². The zero-order chi connectivity index (χ0) is 35.6. The number of nitrogens with one attached hydrogen (secondary N) is 1. The lowest BCUT2D eigenvalue weighted by Gasteiger charge is -2.41. The van der Waals surface area contributed by atoms with Crippen LogP contribution >= 0.6 is 0 Å². The molecule has 1 N–H and O–H groups in total. The molecule has 1 aromatic carbocycles. The fourth-order valence-corrected chi connectivity index (χ4v) is 9.23. The Hall–Kier alpha value is -1.91. The third-order valence-electron chi connectivity index (χ3n) is 10.8. The van der Waals surface area contributed by atoms with E-state index in [1.807, 2.05) is 6.92 Å². The number of hydrogen-bond donors (Lipinski definition) is 1. The van der Waals surface area contributed by atoms with Crippen LogP contribution in [0.4, 0.5) is 0 Å². The average molecular weight is 704 g/mol. The van der Waals surface area contributed by atoms with E-state index in [-0.39, 0.29) is 52.6 Å². The summed E-state index contributed by atoms with van der Waals surface area (Å²) in [6, 6.07) is 6.31. The lowest BCUT2D eigenvalue weighted by atomic mass is 9.86. The molecule has 0 saturated heterocycles. The fourth-order valence-electron chi connectivity index (χ4n) is 6.00. The molecule has 6 atom stereocenters. The van der Waals surface area contributed by atoms with E-state index in [0.717, 1.165) is 30.4 Å². The summed E-state index contributed by atoms with van der Waals surface area (Å²) in [5.74, 6) is 7.28. The van der Waals surface area contributed by atoms with E-state index < -0.39 is 32.6 Å². The highest BCUT2D eigenvalue weighted by Crippen LogP contribution is 2.54. The molecule has 1 fully saturated rings. The maximum atomic E-state index is 12.1. The largest absolute Gasteiger partial charge is 0.489 e. The van der Waals surface area contributed by atoms with Gasteiger partial charge >= 0.3 is 0 Å². The van der Waals surface area contributed by atoms with Gasteiger partial charge in [-0.1, -0.05) is 78.8 Å². The number of carbonyl (C=O) groups is 1. The van der Waals surface area contributed by atoms with Crippen molar-refractivity contribution in [2.75, 3.05) is 6.26 Å². The van der Waals surface area contributed by atoms with Crippen LogP contribution in [0.3, 0.4) is 0 Å². The molecule has 1 heterocycles. The standard InChI is InChI=1S/C37H61NO6SSi2/c1-14-15-18-26(2)30(43-46(10,11)36(3,4)5)24-23-28-31(44-47(12,13)37(6,7)8)25-32-34(28)29-21-16-19-27(35(29)42-32)20-17-22-33(39)38-45(9,40)41/h16,19,21,23-24,26,28,30-32,34H,17-18,20,22,25H2,1-13H3,(H,38,39)/b24-23+/t26-,28-,30?,31?,32-,34-/m0/s1. The number of fused-ring (bicyclic) bond motifs is 3. The van der Waals surface area contributed by atoms with Gasteiger partial charge in [0.25, 0.3) is 0 Å². The molecule has 1 aliphatic heterocycles. The summed E-state index contributed by atoms with van der Waals surface area (Å²) in [5, 5.41) is 0.164. The second-order valence-electron chi connectivity index (χ2n) is 16.7. The highest BCUT2D eigenvalue weighted by atomic mass is 32.2. The molecular formula is C37H61NO6SSi2. The smallest absolute Gasteiger partial charge is 0.233 e. The number of sulfonamides is 1. The molecular weight excluding hydrogens is 643 g/mol. The molecule has 3 rings (SSSR count). The molecule has 0 spiro atoms. The van der Waals surface area contributed by atoms with Crippen LogP contribution in [0.2, 0.25) is 36.3 Å². The summed E-state index contributed by atoms with van der Waals surface area (Å²) in [6.07, 6.45) is 8.51. The first-order valence-corrected chi connectivity index (χ1v) is 24.9. The number of amides is 1.